The predicted octanol–water partition coefficient (Wildman–Crippen LogP) is 4.19. The number of hydrogen-bond acceptors (Lipinski definition) is 10. The van der Waals surface area contributed by atoms with Gasteiger partial charge < -0.3 is 10.1 Å². The van der Waals surface area contributed by atoms with E-state index in [4.69, 9.17) is 0 Å². The van der Waals surface area contributed by atoms with Gasteiger partial charge in [-0.15, -0.1) is 0 Å². The van der Waals surface area contributed by atoms with Crippen LogP contribution in [0.25, 0.3) is 10.9 Å². The van der Waals surface area contributed by atoms with Crippen molar-refractivity contribution in [1.29, 1.82) is 0 Å². The molecule has 0 radical (unpaired) electrons. The van der Waals surface area contributed by atoms with Crippen molar-refractivity contribution >= 4 is 44.6 Å². The van der Waals surface area contributed by atoms with Gasteiger partial charge in [-0.3, -0.25) is 24.6 Å². The van der Waals surface area contributed by atoms with Crippen LogP contribution in [0.3, 0.4) is 0 Å². The van der Waals surface area contributed by atoms with Crippen molar-refractivity contribution in [3.8, 4) is 5.75 Å². The summed E-state index contributed by atoms with van der Waals surface area (Å²) in [5.41, 5.74) is 1.77. The van der Waals surface area contributed by atoms with Gasteiger partial charge in [0.05, 0.1) is 17.3 Å². The number of likely N-dealkylation sites (tertiary alicyclic amines) is 1. The normalized spacial score (nSPS) is 18.7. The highest BCUT2D eigenvalue weighted by Gasteiger charge is 2.32. The number of ether oxygens (including phenoxy) is 1. The molecule has 276 valence electrons. The number of rotatable bonds is 10. The van der Waals surface area contributed by atoms with Crippen LogP contribution in [-0.4, -0.2) is 94.7 Å². The molecule has 3 fully saturated rings. The number of alkyl halides is 2. The van der Waals surface area contributed by atoms with Crippen molar-refractivity contribution in [2.45, 2.75) is 62.1 Å². The zero-order valence-electron chi connectivity index (χ0n) is 28.3. The maximum atomic E-state index is 16.0. The number of halogens is 3. The van der Waals surface area contributed by atoms with E-state index >= 15 is 4.39 Å². The molecule has 3 amide bonds. The standard InChI is InChI=1S/C34H38F3N9O5S/c1-43-30-27(31(42-43)46-16-11-28(47)41-34(46)48)6-5-26(29(30)35)22-7-12-44(13-8-22)20-21-3-2-4-25(17-21)52(49,50)45-14-9-23(10-15-45)40-33-38-18-24(19-39-33)51-32(36)37/h2-6,17-19,22-23,32H,7-16,20H2,1H3,(H,38,39,40)(H,41,47,48). The highest BCUT2D eigenvalue weighted by atomic mass is 32.2. The Balaban J connectivity index is 0.941. The number of nitrogens with one attached hydrogen (secondary N) is 2. The molecular formula is C34H38F3N9O5S. The van der Waals surface area contributed by atoms with Crippen molar-refractivity contribution < 1.29 is 35.9 Å². The maximum Gasteiger partial charge on any atom is 0.387 e. The van der Waals surface area contributed by atoms with Gasteiger partial charge in [0, 0.05) is 51.1 Å². The number of carbonyl (C=O) groups excluding carboxylic acids is 2. The molecule has 0 aliphatic carbocycles. The van der Waals surface area contributed by atoms with E-state index in [0.717, 1.165) is 18.0 Å². The Morgan fingerprint density at radius 3 is 2.42 bits per heavy atom. The molecule has 2 N–H and O–H groups in total. The summed E-state index contributed by atoms with van der Waals surface area (Å²) in [6.07, 6.45) is 4.90. The number of nitrogens with zero attached hydrogens (tertiary/aromatic N) is 7. The third-order valence-corrected chi connectivity index (χ3v) is 11.8. The van der Waals surface area contributed by atoms with Crippen LogP contribution in [0.4, 0.5) is 29.7 Å². The molecule has 4 aromatic rings. The van der Waals surface area contributed by atoms with Gasteiger partial charge in [-0.05, 0) is 74.0 Å². The first kappa shape index (κ1) is 35.6. The van der Waals surface area contributed by atoms with Crippen molar-refractivity contribution in [2.75, 3.05) is 42.9 Å². The van der Waals surface area contributed by atoms with Crippen LogP contribution >= 0.6 is 0 Å². The lowest BCUT2D eigenvalue weighted by Gasteiger charge is -2.33. The third-order valence-electron chi connectivity index (χ3n) is 9.88. The molecule has 0 spiro atoms. The Bertz CT molecular complexity index is 2070. The van der Waals surface area contributed by atoms with Gasteiger partial charge in [-0.25, -0.2) is 27.6 Å². The van der Waals surface area contributed by atoms with E-state index in [2.05, 4.69) is 35.3 Å². The number of imide groups is 1. The minimum Gasteiger partial charge on any atom is -0.432 e. The van der Waals surface area contributed by atoms with Crippen LogP contribution in [-0.2, 0) is 28.4 Å². The summed E-state index contributed by atoms with van der Waals surface area (Å²) in [6.45, 7) is -0.261. The average Bonchev–Trinajstić information content (AvgIpc) is 3.46. The summed E-state index contributed by atoms with van der Waals surface area (Å²) in [7, 11) is -2.10. The molecule has 0 saturated carbocycles. The van der Waals surface area contributed by atoms with Crippen molar-refractivity contribution in [2.24, 2.45) is 7.05 Å². The lowest BCUT2D eigenvalue weighted by Crippen LogP contribution is -2.49. The molecular weight excluding hydrogens is 703 g/mol. The monoisotopic (exact) mass is 741 g/mol. The first-order valence-corrected chi connectivity index (χ1v) is 18.5. The number of sulfonamides is 1. The Labute approximate surface area is 298 Å². The number of amides is 3. The van der Waals surface area contributed by atoms with Crippen molar-refractivity contribution in [1.82, 2.24) is 34.3 Å². The molecule has 0 atom stereocenters. The van der Waals surface area contributed by atoms with Gasteiger partial charge in [0.15, 0.2) is 17.4 Å². The number of urea groups is 1. The van der Waals surface area contributed by atoms with Crippen molar-refractivity contribution in [3.63, 3.8) is 0 Å². The van der Waals surface area contributed by atoms with Crippen LogP contribution in [0.2, 0.25) is 0 Å². The number of piperidine rings is 2. The predicted molar refractivity (Wildman–Crippen MR) is 184 cm³/mol. The fourth-order valence-electron chi connectivity index (χ4n) is 7.20. The summed E-state index contributed by atoms with van der Waals surface area (Å²) < 4.78 is 75.2. The first-order chi connectivity index (χ1) is 25.0. The molecule has 2 aromatic carbocycles. The number of benzene rings is 2. The van der Waals surface area contributed by atoms with Gasteiger partial charge in [0.1, 0.15) is 5.52 Å². The van der Waals surface area contributed by atoms with Gasteiger partial charge in [0.2, 0.25) is 21.9 Å². The van der Waals surface area contributed by atoms with Crippen LogP contribution in [0, 0.1) is 5.82 Å². The van der Waals surface area contributed by atoms with E-state index in [0.29, 0.717) is 80.7 Å². The Kier molecular flexibility index (Phi) is 10.0. The maximum absolute atomic E-state index is 16.0. The Morgan fingerprint density at radius 1 is 1.00 bits per heavy atom. The lowest BCUT2D eigenvalue weighted by atomic mass is 9.88. The number of aryl methyl sites for hydroxylation is 1. The second kappa shape index (κ2) is 14.7. The Morgan fingerprint density at radius 2 is 1.73 bits per heavy atom. The minimum atomic E-state index is -3.74. The largest absolute Gasteiger partial charge is 0.432 e. The number of fused-ring (bicyclic) bond motifs is 1. The van der Waals surface area contributed by atoms with Gasteiger partial charge >= 0.3 is 12.6 Å². The molecule has 0 unspecified atom stereocenters. The molecule has 7 rings (SSSR count). The summed E-state index contributed by atoms with van der Waals surface area (Å²) in [6, 6.07) is 9.88. The zero-order valence-corrected chi connectivity index (χ0v) is 29.2. The van der Waals surface area contributed by atoms with Crippen LogP contribution in [0.1, 0.15) is 49.1 Å². The second-order valence-electron chi connectivity index (χ2n) is 13.2. The second-order valence-corrected chi connectivity index (χ2v) is 15.1. The van der Waals surface area contributed by atoms with Gasteiger partial charge in [-0.1, -0.05) is 18.2 Å². The third kappa shape index (κ3) is 7.40. The summed E-state index contributed by atoms with van der Waals surface area (Å²) in [4.78, 5) is 35.9. The summed E-state index contributed by atoms with van der Waals surface area (Å²) in [5, 5.41) is 10.3. The zero-order chi connectivity index (χ0) is 36.6. The number of aromatic nitrogens is 4. The Hall–Kier alpha value is -4.81. The molecule has 3 aliphatic heterocycles. The molecule has 0 bridgehead atoms. The van der Waals surface area contributed by atoms with E-state index in [9.17, 15) is 26.8 Å². The van der Waals surface area contributed by atoms with E-state index < -0.39 is 22.7 Å². The molecule has 3 aliphatic rings. The molecule has 2 aromatic heterocycles. The fourth-order valence-corrected chi connectivity index (χ4v) is 8.74. The minimum absolute atomic E-state index is 0.0236. The average molecular weight is 742 g/mol. The van der Waals surface area contributed by atoms with Crippen molar-refractivity contribution in [3.05, 3.63) is 65.7 Å². The number of anilines is 2. The molecule has 14 nitrogen and oxygen atoms in total. The summed E-state index contributed by atoms with van der Waals surface area (Å²) in [5.74, 6) is -0.330. The van der Waals surface area contributed by atoms with Crippen LogP contribution in [0.15, 0.2) is 53.7 Å². The van der Waals surface area contributed by atoms with E-state index in [-0.39, 0.29) is 53.2 Å². The molecule has 3 saturated heterocycles. The SMILES string of the molecule is Cn1nc(N2CCC(=O)NC2=O)c2ccc(C3CCN(Cc4cccc(S(=O)(=O)N5CCC(Nc6ncc(OC(F)F)cn6)CC5)c4)CC3)c(F)c21. The number of carbonyl (C=O) groups is 2. The van der Waals surface area contributed by atoms with Crippen LogP contribution in [0.5, 0.6) is 5.75 Å². The smallest absolute Gasteiger partial charge is 0.387 e. The molecule has 18 heteroatoms. The molecule has 52 heavy (non-hydrogen) atoms. The number of hydrogen-bond donors (Lipinski definition) is 2. The van der Waals surface area contributed by atoms with Gasteiger partial charge in [-0.2, -0.15) is 18.2 Å². The summed E-state index contributed by atoms with van der Waals surface area (Å²) >= 11 is 0. The topological polar surface area (TPSA) is 155 Å². The quantitative estimate of drug-likeness (QED) is 0.242. The highest BCUT2D eigenvalue weighted by molar-refractivity contribution is 7.89. The fraction of sp³-hybridized carbons (Fsp3) is 0.441. The van der Waals surface area contributed by atoms with Crippen LogP contribution < -0.4 is 20.3 Å². The first-order valence-electron chi connectivity index (χ1n) is 17.1. The lowest BCUT2D eigenvalue weighted by molar-refractivity contribution is -0.120. The van der Waals surface area contributed by atoms with E-state index in [1.807, 2.05) is 6.07 Å². The van der Waals surface area contributed by atoms with Gasteiger partial charge in [0.25, 0.3) is 0 Å². The molecule has 5 heterocycles. The van der Waals surface area contributed by atoms with E-state index in [1.165, 1.54) is 13.9 Å². The highest BCUT2D eigenvalue weighted by Crippen LogP contribution is 2.36. The van der Waals surface area contributed by atoms with E-state index in [1.54, 1.807) is 37.4 Å².